The highest BCUT2D eigenvalue weighted by atomic mass is 32.2. The van der Waals surface area contributed by atoms with Crippen LogP contribution < -0.4 is 48.7 Å². The van der Waals surface area contributed by atoms with Crippen LogP contribution in [0, 0.1) is 23.7 Å². The topological polar surface area (TPSA) is 440 Å². The van der Waals surface area contributed by atoms with E-state index in [1.54, 1.807) is 11.8 Å². The molecule has 5 heterocycles. The number of hydrogen-bond donors (Lipinski definition) is 12. The molecule has 5 rings (SSSR count). The molecule has 0 spiro atoms. The molecule has 0 unspecified atom stereocenters. The quantitative estimate of drug-likeness (QED) is 0.0380. The number of aliphatic hydroxyl groups excluding tert-OH is 1. The van der Waals surface area contributed by atoms with E-state index in [0.717, 1.165) is 0 Å². The highest BCUT2D eigenvalue weighted by Crippen LogP contribution is 2.26. The zero-order valence-electron chi connectivity index (χ0n) is 55.9. The van der Waals surface area contributed by atoms with Crippen LogP contribution in [-0.2, 0) is 68.7 Å². The molecule has 1 aromatic rings. The molecule has 0 aromatic carbocycles. The van der Waals surface area contributed by atoms with Gasteiger partial charge in [0.15, 0.2) is 0 Å². The van der Waals surface area contributed by atoms with E-state index in [0.29, 0.717) is 50.1 Å². The van der Waals surface area contributed by atoms with Crippen LogP contribution in [-0.4, -0.2) is 234 Å². The largest absolute Gasteiger partial charge is 0.480 e. The predicted octanol–water partition coefficient (Wildman–Crippen LogP) is -1.08. The summed E-state index contributed by atoms with van der Waals surface area (Å²) in [7, 11) is 0. The number of primary amides is 1. The smallest absolute Gasteiger partial charge is 0.326 e. The fourth-order valence-electron chi connectivity index (χ4n) is 12.6. The summed E-state index contributed by atoms with van der Waals surface area (Å²) in [6.07, 6.45) is 7.37. The maximum atomic E-state index is 14.6. The molecule has 12 atom stereocenters. The molecule has 4 fully saturated rings. The zero-order chi connectivity index (χ0) is 69.7. The van der Waals surface area contributed by atoms with Crippen molar-refractivity contribution >= 4 is 88.6 Å². The van der Waals surface area contributed by atoms with Crippen LogP contribution in [0.3, 0.4) is 0 Å². The van der Waals surface area contributed by atoms with Gasteiger partial charge in [-0.2, -0.15) is 11.8 Å². The number of H-pyrrole nitrogens is 1. The fraction of sp³-hybridized carbons (Fsp3) is 0.746. The van der Waals surface area contributed by atoms with Gasteiger partial charge in [-0.05, 0) is 126 Å². The number of hydrogen-bond acceptors (Lipinski definition) is 17. The average Bonchev–Trinajstić information content (AvgIpc) is 1.61. The number of aliphatic carboxylic acids is 1. The molecule has 1 aromatic heterocycles. The van der Waals surface area contributed by atoms with Crippen molar-refractivity contribution in [2.75, 3.05) is 44.8 Å². The van der Waals surface area contributed by atoms with Gasteiger partial charge in [0, 0.05) is 50.9 Å². The summed E-state index contributed by atoms with van der Waals surface area (Å²) in [4.78, 5) is 193. The first-order chi connectivity index (χ1) is 44.5. The Morgan fingerprint density at radius 2 is 0.883 bits per heavy atom. The Bertz CT molecular complexity index is 2810. The third-order valence-electron chi connectivity index (χ3n) is 17.3. The van der Waals surface area contributed by atoms with Gasteiger partial charge in [-0.15, -0.1) is 0 Å². The number of carboxylic acid groups (broad SMARTS) is 1. The summed E-state index contributed by atoms with van der Waals surface area (Å²) in [6.45, 7) is 14.3. The number of aromatic amines is 1. The normalized spacial score (nSPS) is 20.6. The molecule has 94 heavy (non-hydrogen) atoms. The third-order valence-corrected chi connectivity index (χ3v) is 18.0. The van der Waals surface area contributed by atoms with Gasteiger partial charge in [-0.25, -0.2) is 9.78 Å². The third kappa shape index (κ3) is 22.4. The Morgan fingerprint density at radius 1 is 0.521 bits per heavy atom. The lowest BCUT2D eigenvalue weighted by atomic mass is 9.99. The Balaban J connectivity index is 1.28. The van der Waals surface area contributed by atoms with Crippen molar-refractivity contribution in [3.8, 4) is 0 Å². The molecule has 4 aliphatic heterocycles. The van der Waals surface area contributed by atoms with E-state index in [1.165, 1.54) is 32.1 Å². The van der Waals surface area contributed by atoms with Crippen LogP contribution in [0.15, 0.2) is 12.5 Å². The SMILES string of the molecule is CSCC[C@H](N)C(=O)N1CCC[C@H]1C(=O)N[C@@H](CC(C)C)C(=O)N1CCC[C@H]1C(=O)N[C@@H](CCC(N)=O)C(=O)N1CCC[C@H]1C(=O)N[C@@H](CO)C(=O)N[C@@H](Cc1cnc[nH]1)C(=O)N[C@@H](CC(C)C)C(=O)N1CCC[C@H]1C(=O)N[C@@H](CC(C)C)C(=O)N[C@@H](CC(C)C)C(=O)O. The molecule has 0 saturated carbocycles. The first-order valence-electron chi connectivity index (χ1n) is 33.1. The van der Waals surface area contributed by atoms with Gasteiger partial charge in [0.1, 0.15) is 66.5 Å². The molecule has 14 N–H and O–H groups in total. The first-order valence-corrected chi connectivity index (χ1v) is 34.5. The molecule has 12 amide bonds. The standard InChI is InChI=1S/C63H103N15O15S/c1-34(2)26-41(52(81)73-45(63(92)93)29-37(7)8)70-56(85)49-16-13-24-78(49)61(90)43(27-35(3)4)71-53(82)42(30-38-31-66-33-67-38)69-54(83)46(32-79)74-58(87)50-17-11-22-76(50)60(89)40(18-19-51(65)80)68-55(84)48-15-12-23-77(48)62(91)44(28-36(5)6)72-57(86)47-14-10-21-75(47)59(88)39(64)20-25-94-9/h31,33-37,39-50,79H,10-30,32,64H2,1-9H3,(H2,65,80)(H,66,67)(H,68,84)(H,69,83)(H,70,85)(H,71,82)(H,72,86)(H,73,81)(H,74,87)(H,92,93)/t39-,40-,41-,42-,43-,44-,45-,46-,47-,48-,49-,50-/m0/s1. The summed E-state index contributed by atoms with van der Waals surface area (Å²) in [5.74, 6) is -9.34. The van der Waals surface area contributed by atoms with Crippen LogP contribution in [0.2, 0.25) is 0 Å². The number of carbonyl (C=O) groups excluding carboxylic acids is 12. The van der Waals surface area contributed by atoms with E-state index < -0.39 is 150 Å². The van der Waals surface area contributed by atoms with E-state index in [9.17, 15) is 72.5 Å². The number of rotatable bonds is 36. The number of imidazole rings is 1. The van der Waals surface area contributed by atoms with Gasteiger partial charge in [0.25, 0.3) is 0 Å². The summed E-state index contributed by atoms with van der Waals surface area (Å²) in [5.41, 5.74) is 12.1. The van der Waals surface area contributed by atoms with Gasteiger partial charge in [-0.3, -0.25) is 57.5 Å². The molecule has 0 bridgehead atoms. The molecular formula is C63H103N15O15S. The van der Waals surface area contributed by atoms with E-state index in [-0.39, 0.29) is 120 Å². The van der Waals surface area contributed by atoms with Crippen molar-refractivity contribution in [2.24, 2.45) is 35.1 Å². The summed E-state index contributed by atoms with van der Waals surface area (Å²) in [5, 5.41) is 39.2. The van der Waals surface area contributed by atoms with Gasteiger partial charge in [0.05, 0.1) is 19.0 Å². The van der Waals surface area contributed by atoms with Crippen molar-refractivity contribution in [3.63, 3.8) is 0 Å². The number of carboxylic acids is 1. The second kappa shape index (κ2) is 37.0. The minimum Gasteiger partial charge on any atom is -0.480 e. The molecule has 0 aliphatic carbocycles. The highest BCUT2D eigenvalue weighted by molar-refractivity contribution is 7.98. The van der Waals surface area contributed by atoms with Gasteiger partial charge in [0.2, 0.25) is 70.9 Å². The first kappa shape index (κ1) is 77.3. The Morgan fingerprint density at radius 3 is 1.30 bits per heavy atom. The lowest BCUT2D eigenvalue weighted by Crippen LogP contribution is -2.61. The van der Waals surface area contributed by atoms with Crippen molar-refractivity contribution in [3.05, 3.63) is 18.2 Å². The second-order valence-corrected chi connectivity index (χ2v) is 27.9. The number of carbonyl (C=O) groups is 13. The van der Waals surface area contributed by atoms with E-state index in [1.807, 2.05) is 61.6 Å². The van der Waals surface area contributed by atoms with Gasteiger partial charge < -0.3 is 83.5 Å². The molecular weight excluding hydrogens is 1240 g/mol. The lowest BCUT2D eigenvalue weighted by molar-refractivity contribution is -0.145. The van der Waals surface area contributed by atoms with Crippen LogP contribution >= 0.6 is 11.8 Å². The van der Waals surface area contributed by atoms with Crippen molar-refractivity contribution in [1.29, 1.82) is 0 Å². The Labute approximate surface area is 554 Å². The summed E-state index contributed by atoms with van der Waals surface area (Å²) < 4.78 is 0. The van der Waals surface area contributed by atoms with Crippen molar-refractivity contribution in [1.82, 2.24) is 66.8 Å². The Hall–Kier alpha value is -7.41. The van der Waals surface area contributed by atoms with Crippen LogP contribution in [0.4, 0.5) is 0 Å². The summed E-state index contributed by atoms with van der Waals surface area (Å²) >= 11 is 1.55. The number of nitrogens with two attached hydrogens (primary N) is 2. The minimum absolute atomic E-state index is 0.00310. The van der Waals surface area contributed by atoms with Crippen LogP contribution in [0.25, 0.3) is 0 Å². The van der Waals surface area contributed by atoms with E-state index in [2.05, 4.69) is 47.2 Å². The molecule has 4 aliphatic rings. The van der Waals surface area contributed by atoms with Crippen molar-refractivity contribution < 1.29 is 72.5 Å². The fourth-order valence-corrected chi connectivity index (χ4v) is 13.1. The molecule has 31 heteroatoms. The number of nitrogens with zero attached hydrogens (tertiary/aromatic N) is 5. The number of aromatic nitrogens is 2. The number of amides is 12. The number of likely N-dealkylation sites (tertiary alicyclic amines) is 4. The minimum atomic E-state index is -1.71. The van der Waals surface area contributed by atoms with Crippen LogP contribution in [0.1, 0.15) is 157 Å². The van der Waals surface area contributed by atoms with Gasteiger partial charge >= 0.3 is 5.97 Å². The monoisotopic (exact) mass is 1340 g/mol. The number of thioether (sulfide) groups is 1. The molecule has 30 nitrogen and oxygen atoms in total. The van der Waals surface area contributed by atoms with E-state index >= 15 is 0 Å². The average molecular weight is 1340 g/mol. The zero-order valence-corrected chi connectivity index (χ0v) is 56.8. The number of aliphatic hydroxyl groups is 1. The van der Waals surface area contributed by atoms with E-state index in [4.69, 9.17) is 11.5 Å². The van der Waals surface area contributed by atoms with Gasteiger partial charge in [-0.1, -0.05) is 55.4 Å². The molecule has 526 valence electrons. The maximum Gasteiger partial charge on any atom is 0.326 e. The van der Waals surface area contributed by atoms with Crippen molar-refractivity contribution in [2.45, 2.75) is 231 Å². The highest BCUT2D eigenvalue weighted by Gasteiger charge is 2.45. The molecule has 4 saturated heterocycles. The maximum absolute atomic E-state index is 14.6. The molecule has 0 radical (unpaired) electrons. The lowest BCUT2D eigenvalue weighted by Gasteiger charge is -2.33. The van der Waals surface area contributed by atoms with Crippen LogP contribution in [0.5, 0.6) is 0 Å². The summed E-state index contributed by atoms with van der Waals surface area (Å²) in [6, 6.07) is -14.3. The second-order valence-electron chi connectivity index (χ2n) is 26.9. The predicted molar refractivity (Wildman–Crippen MR) is 347 cm³/mol. The Kier molecular flexibility index (Phi) is 30.5. The number of nitrogens with one attached hydrogen (secondary N) is 8.